The van der Waals surface area contributed by atoms with Gasteiger partial charge >= 0.3 is 0 Å². The van der Waals surface area contributed by atoms with Crippen LogP contribution in [0.1, 0.15) is 30.1 Å². The molecule has 0 aromatic heterocycles. The van der Waals surface area contributed by atoms with E-state index in [1.807, 2.05) is 6.92 Å². The normalized spacial score (nSPS) is 12.1. The summed E-state index contributed by atoms with van der Waals surface area (Å²) in [6, 6.07) is 3.93. The molecule has 5 N–H and O–H groups in total. The van der Waals surface area contributed by atoms with Crippen LogP contribution < -0.4 is 11.1 Å². The highest BCUT2D eigenvalue weighted by molar-refractivity contribution is 5.96. The predicted molar refractivity (Wildman–Crippen MR) is 65.0 cm³/mol. The SMILES string of the molecule is CCC(N)CCNC(=O)c1ccc(O)cc1O. The molecule has 0 bridgehead atoms. The van der Waals surface area contributed by atoms with Crippen molar-refractivity contribution in [1.29, 1.82) is 0 Å². The molecule has 1 unspecified atom stereocenters. The molecule has 0 saturated carbocycles. The largest absolute Gasteiger partial charge is 0.508 e. The van der Waals surface area contributed by atoms with Crippen molar-refractivity contribution in [2.24, 2.45) is 5.73 Å². The van der Waals surface area contributed by atoms with E-state index >= 15 is 0 Å². The molecule has 0 aliphatic carbocycles. The molecule has 0 radical (unpaired) electrons. The Hall–Kier alpha value is -1.75. The first-order valence-electron chi connectivity index (χ1n) is 5.60. The number of carbonyl (C=O) groups excluding carboxylic acids is 1. The molecular formula is C12H18N2O3. The van der Waals surface area contributed by atoms with E-state index in [1.165, 1.54) is 12.1 Å². The minimum Gasteiger partial charge on any atom is -0.508 e. The van der Waals surface area contributed by atoms with Crippen LogP contribution in [0.2, 0.25) is 0 Å². The van der Waals surface area contributed by atoms with Crippen molar-refractivity contribution in [1.82, 2.24) is 5.32 Å². The lowest BCUT2D eigenvalue weighted by Gasteiger charge is -2.10. The Kier molecular flexibility index (Phi) is 4.78. The number of rotatable bonds is 5. The van der Waals surface area contributed by atoms with Gasteiger partial charge in [-0.1, -0.05) is 6.92 Å². The quantitative estimate of drug-likeness (QED) is 0.614. The molecular weight excluding hydrogens is 220 g/mol. The molecule has 5 heteroatoms. The summed E-state index contributed by atoms with van der Waals surface area (Å²) < 4.78 is 0. The first kappa shape index (κ1) is 13.3. The number of nitrogens with one attached hydrogen (secondary N) is 1. The van der Waals surface area contributed by atoms with Gasteiger partial charge in [-0.05, 0) is 25.0 Å². The zero-order valence-electron chi connectivity index (χ0n) is 9.81. The van der Waals surface area contributed by atoms with Gasteiger partial charge in [-0.2, -0.15) is 0 Å². The average Bonchev–Trinajstić information content (AvgIpc) is 2.28. The second-order valence-electron chi connectivity index (χ2n) is 3.91. The molecule has 1 aromatic carbocycles. The molecule has 5 nitrogen and oxygen atoms in total. The zero-order valence-corrected chi connectivity index (χ0v) is 9.81. The maximum atomic E-state index is 11.7. The van der Waals surface area contributed by atoms with Crippen LogP contribution in [-0.2, 0) is 0 Å². The van der Waals surface area contributed by atoms with Crippen LogP contribution in [0, 0.1) is 0 Å². The number of phenols is 2. The minimum absolute atomic E-state index is 0.0729. The summed E-state index contributed by atoms with van der Waals surface area (Å²) in [6.07, 6.45) is 1.56. The van der Waals surface area contributed by atoms with Gasteiger partial charge in [-0.25, -0.2) is 0 Å². The predicted octanol–water partition coefficient (Wildman–Crippen LogP) is 0.955. The molecule has 0 heterocycles. The first-order valence-corrected chi connectivity index (χ1v) is 5.60. The fourth-order valence-corrected chi connectivity index (χ4v) is 1.38. The zero-order chi connectivity index (χ0) is 12.8. The molecule has 0 saturated heterocycles. The number of benzene rings is 1. The summed E-state index contributed by atoms with van der Waals surface area (Å²) in [5.41, 5.74) is 5.86. The summed E-state index contributed by atoms with van der Waals surface area (Å²) in [4.78, 5) is 11.7. The molecule has 1 aromatic rings. The number of hydrogen-bond donors (Lipinski definition) is 4. The molecule has 17 heavy (non-hydrogen) atoms. The minimum atomic E-state index is -0.370. The van der Waals surface area contributed by atoms with Gasteiger partial charge in [-0.15, -0.1) is 0 Å². The Morgan fingerprint density at radius 1 is 1.47 bits per heavy atom. The third-order valence-corrected chi connectivity index (χ3v) is 2.55. The highest BCUT2D eigenvalue weighted by Gasteiger charge is 2.11. The maximum Gasteiger partial charge on any atom is 0.255 e. The molecule has 1 rings (SSSR count). The molecule has 94 valence electrons. The Morgan fingerprint density at radius 3 is 2.76 bits per heavy atom. The number of carbonyl (C=O) groups is 1. The summed E-state index contributed by atoms with van der Waals surface area (Å²) in [7, 11) is 0. The van der Waals surface area contributed by atoms with Gasteiger partial charge in [0.1, 0.15) is 11.5 Å². The van der Waals surface area contributed by atoms with E-state index in [4.69, 9.17) is 10.8 Å². The van der Waals surface area contributed by atoms with Crippen molar-refractivity contribution in [3.05, 3.63) is 23.8 Å². The van der Waals surface area contributed by atoms with Crippen molar-refractivity contribution in [3.63, 3.8) is 0 Å². The number of aromatic hydroxyl groups is 2. The number of amides is 1. The van der Waals surface area contributed by atoms with Crippen LogP contribution in [0.15, 0.2) is 18.2 Å². The van der Waals surface area contributed by atoms with Gasteiger partial charge < -0.3 is 21.3 Å². The number of nitrogens with two attached hydrogens (primary N) is 1. The summed E-state index contributed by atoms with van der Waals surface area (Å²) in [6.45, 7) is 2.45. The van der Waals surface area contributed by atoms with E-state index in [9.17, 15) is 9.90 Å². The molecule has 1 atom stereocenters. The van der Waals surface area contributed by atoms with E-state index in [2.05, 4.69) is 5.32 Å². The van der Waals surface area contributed by atoms with Crippen molar-refractivity contribution >= 4 is 5.91 Å². The fraction of sp³-hybridized carbons (Fsp3) is 0.417. The summed E-state index contributed by atoms with van der Waals surface area (Å²) in [5, 5.41) is 21.2. The van der Waals surface area contributed by atoms with Crippen molar-refractivity contribution in [2.75, 3.05) is 6.54 Å². The van der Waals surface area contributed by atoms with Crippen LogP contribution in [0.3, 0.4) is 0 Å². The molecule has 0 spiro atoms. The maximum absolute atomic E-state index is 11.7. The highest BCUT2D eigenvalue weighted by Crippen LogP contribution is 2.22. The van der Waals surface area contributed by atoms with Crippen molar-refractivity contribution in [2.45, 2.75) is 25.8 Å². The average molecular weight is 238 g/mol. The number of hydrogen-bond acceptors (Lipinski definition) is 4. The third-order valence-electron chi connectivity index (χ3n) is 2.55. The topological polar surface area (TPSA) is 95.6 Å². The van der Waals surface area contributed by atoms with Gasteiger partial charge in [0.15, 0.2) is 0 Å². The van der Waals surface area contributed by atoms with E-state index < -0.39 is 0 Å². The lowest BCUT2D eigenvalue weighted by Crippen LogP contribution is -2.30. The van der Waals surface area contributed by atoms with Crippen LogP contribution in [0.4, 0.5) is 0 Å². The smallest absolute Gasteiger partial charge is 0.255 e. The van der Waals surface area contributed by atoms with Crippen molar-refractivity contribution in [3.8, 4) is 11.5 Å². The third kappa shape index (κ3) is 3.96. The Balaban J connectivity index is 2.52. The van der Waals surface area contributed by atoms with Crippen LogP contribution in [-0.4, -0.2) is 28.7 Å². The lowest BCUT2D eigenvalue weighted by atomic mass is 10.1. The standard InChI is InChI=1S/C12H18N2O3/c1-2-8(13)5-6-14-12(17)10-4-3-9(15)7-11(10)16/h3-4,7-8,15-16H,2,5-6,13H2,1H3,(H,14,17). The van der Waals surface area contributed by atoms with Gasteiger partial charge in [0, 0.05) is 18.7 Å². The molecule has 0 aliphatic rings. The Labute approximate surface area is 100 Å². The second kappa shape index (κ2) is 6.10. The van der Waals surface area contributed by atoms with E-state index in [0.717, 1.165) is 12.5 Å². The Bertz CT molecular complexity index is 393. The monoisotopic (exact) mass is 238 g/mol. The van der Waals surface area contributed by atoms with Gasteiger partial charge in [0.25, 0.3) is 5.91 Å². The highest BCUT2D eigenvalue weighted by atomic mass is 16.3. The van der Waals surface area contributed by atoms with Crippen LogP contribution in [0.5, 0.6) is 11.5 Å². The van der Waals surface area contributed by atoms with Gasteiger partial charge in [-0.3, -0.25) is 4.79 Å². The molecule has 1 amide bonds. The number of phenolic OH excluding ortho intramolecular Hbond substituents is 2. The summed E-state index contributed by atoms with van der Waals surface area (Å²) in [5.74, 6) is -0.680. The molecule has 0 aliphatic heterocycles. The first-order chi connectivity index (χ1) is 8.04. The van der Waals surface area contributed by atoms with E-state index in [0.29, 0.717) is 13.0 Å². The summed E-state index contributed by atoms with van der Waals surface area (Å²) >= 11 is 0. The van der Waals surface area contributed by atoms with Crippen molar-refractivity contribution < 1.29 is 15.0 Å². The van der Waals surface area contributed by atoms with Crippen LogP contribution >= 0.6 is 0 Å². The van der Waals surface area contributed by atoms with E-state index in [-0.39, 0.29) is 29.0 Å². The molecule has 0 fully saturated rings. The second-order valence-corrected chi connectivity index (χ2v) is 3.91. The fourth-order valence-electron chi connectivity index (χ4n) is 1.38. The van der Waals surface area contributed by atoms with Crippen LogP contribution in [0.25, 0.3) is 0 Å². The lowest BCUT2D eigenvalue weighted by molar-refractivity contribution is 0.0950. The van der Waals surface area contributed by atoms with Gasteiger partial charge in [0.2, 0.25) is 0 Å². The van der Waals surface area contributed by atoms with Gasteiger partial charge in [0.05, 0.1) is 5.56 Å². The Morgan fingerprint density at radius 2 is 2.18 bits per heavy atom. The van der Waals surface area contributed by atoms with E-state index in [1.54, 1.807) is 0 Å².